The fraction of sp³-hybridized carbons (Fsp3) is 0.0870. The summed E-state index contributed by atoms with van der Waals surface area (Å²) in [7, 11) is -3.74. The standard InChI is InChI=1S/C23H20N4O3S2/c1-15-8-9-16(2)20(14-15)32(29,30)27-19-12-10-17(11-13-19)21(28)24-23-26-25-22(31-23)18-6-4-3-5-7-18/h3-14,27H,1-2H3,(H,24,26,28). The van der Waals surface area contributed by atoms with Gasteiger partial charge in [-0.2, -0.15) is 0 Å². The smallest absolute Gasteiger partial charge is 0.262 e. The molecule has 0 fully saturated rings. The minimum atomic E-state index is -3.74. The van der Waals surface area contributed by atoms with Crippen molar-refractivity contribution < 1.29 is 13.2 Å². The van der Waals surface area contributed by atoms with Crippen molar-refractivity contribution in [2.75, 3.05) is 10.0 Å². The third-order valence-electron chi connectivity index (χ3n) is 4.70. The number of aromatic nitrogens is 2. The van der Waals surface area contributed by atoms with Gasteiger partial charge >= 0.3 is 0 Å². The molecule has 2 N–H and O–H groups in total. The molecule has 0 radical (unpaired) electrons. The largest absolute Gasteiger partial charge is 0.296 e. The Labute approximate surface area is 190 Å². The lowest BCUT2D eigenvalue weighted by atomic mass is 10.2. The van der Waals surface area contributed by atoms with E-state index in [4.69, 9.17) is 0 Å². The number of nitrogens with one attached hydrogen (secondary N) is 2. The number of anilines is 2. The number of aryl methyl sites for hydroxylation is 2. The van der Waals surface area contributed by atoms with Crippen LogP contribution in [0.15, 0.2) is 77.7 Å². The molecule has 0 saturated heterocycles. The Hall–Kier alpha value is -3.56. The summed E-state index contributed by atoms with van der Waals surface area (Å²) in [6.07, 6.45) is 0. The molecule has 162 valence electrons. The first-order valence-corrected chi connectivity index (χ1v) is 12.0. The Morgan fingerprint density at radius 3 is 2.34 bits per heavy atom. The highest BCUT2D eigenvalue weighted by molar-refractivity contribution is 7.92. The van der Waals surface area contributed by atoms with E-state index in [0.717, 1.165) is 11.1 Å². The molecular weight excluding hydrogens is 444 g/mol. The van der Waals surface area contributed by atoms with Gasteiger partial charge in [0.05, 0.1) is 4.90 Å². The zero-order valence-corrected chi connectivity index (χ0v) is 19.0. The van der Waals surface area contributed by atoms with E-state index < -0.39 is 10.0 Å². The van der Waals surface area contributed by atoms with E-state index in [1.165, 1.54) is 11.3 Å². The van der Waals surface area contributed by atoms with Crippen LogP contribution >= 0.6 is 11.3 Å². The zero-order valence-electron chi connectivity index (χ0n) is 17.4. The summed E-state index contributed by atoms with van der Waals surface area (Å²) >= 11 is 1.27. The average Bonchev–Trinajstić information content (AvgIpc) is 3.24. The molecule has 4 aromatic rings. The van der Waals surface area contributed by atoms with Gasteiger partial charge in [-0.15, -0.1) is 10.2 Å². The highest BCUT2D eigenvalue weighted by Gasteiger charge is 2.18. The normalized spacial score (nSPS) is 11.2. The number of sulfonamides is 1. The first-order chi connectivity index (χ1) is 15.3. The van der Waals surface area contributed by atoms with Gasteiger partial charge in [0, 0.05) is 16.8 Å². The van der Waals surface area contributed by atoms with E-state index in [0.29, 0.717) is 27.0 Å². The van der Waals surface area contributed by atoms with Crippen molar-refractivity contribution in [3.8, 4) is 10.6 Å². The molecular formula is C23H20N4O3S2. The summed E-state index contributed by atoms with van der Waals surface area (Å²) in [5.41, 5.74) is 3.17. The first kappa shape index (κ1) is 21.7. The number of benzene rings is 3. The average molecular weight is 465 g/mol. The van der Waals surface area contributed by atoms with Gasteiger partial charge in [-0.3, -0.25) is 14.8 Å². The van der Waals surface area contributed by atoms with E-state index in [1.807, 2.05) is 43.3 Å². The van der Waals surface area contributed by atoms with Crippen LogP contribution in [0.25, 0.3) is 10.6 Å². The Balaban J connectivity index is 1.45. The molecule has 1 amide bonds. The zero-order chi connectivity index (χ0) is 22.7. The minimum absolute atomic E-state index is 0.227. The van der Waals surface area contributed by atoms with Gasteiger partial charge in [-0.25, -0.2) is 8.42 Å². The van der Waals surface area contributed by atoms with Crippen molar-refractivity contribution in [1.29, 1.82) is 0 Å². The number of rotatable bonds is 6. The molecule has 4 rings (SSSR count). The molecule has 0 atom stereocenters. The second-order valence-corrected chi connectivity index (χ2v) is 9.81. The van der Waals surface area contributed by atoms with Crippen LogP contribution in [0.3, 0.4) is 0 Å². The third kappa shape index (κ3) is 4.84. The fourth-order valence-electron chi connectivity index (χ4n) is 3.04. The molecule has 7 nitrogen and oxygen atoms in total. The molecule has 32 heavy (non-hydrogen) atoms. The molecule has 1 aromatic heterocycles. The summed E-state index contributed by atoms with van der Waals surface area (Å²) < 4.78 is 28.1. The topological polar surface area (TPSA) is 101 Å². The predicted molar refractivity (Wildman–Crippen MR) is 126 cm³/mol. The van der Waals surface area contributed by atoms with Crippen LogP contribution in [0, 0.1) is 13.8 Å². The SMILES string of the molecule is Cc1ccc(C)c(S(=O)(=O)Nc2ccc(C(=O)Nc3nnc(-c4ccccc4)s3)cc2)c1. The lowest BCUT2D eigenvalue weighted by Crippen LogP contribution is -2.15. The van der Waals surface area contributed by atoms with Crippen LogP contribution in [0.5, 0.6) is 0 Å². The Kier molecular flexibility index (Phi) is 6.02. The van der Waals surface area contributed by atoms with Crippen molar-refractivity contribution in [3.63, 3.8) is 0 Å². The maximum atomic E-state index is 12.7. The number of amides is 1. The molecule has 3 aromatic carbocycles. The molecule has 9 heteroatoms. The van der Waals surface area contributed by atoms with Gasteiger partial charge in [0.15, 0.2) is 0 Å². The predicted octanol–water partition coefficient (Wildman–Crippen LogP) is 4.88. The number of carbonyl (C=O) groups excluding carboxylic acids is 1. The monoisotopic (exact) mass is 464 g/mol. The van der Waals surface area contributed by atoms with Crippen molar-refractivity contribution >= 4 is 38.1 Å². The van der Waals surface area contributed by atoms with E-state index >= 15 is 0 Å². The lowest BCUT2D eigenvalue weighted by Gasteiger charge is -2.11. The number of nitrogens with zero attached hydrogens (tertiary/aromatic N) is 2. The quantitative estimate of drug-likeness (QED) is 0.424. The molecule has 0 unspecified atom stereocenters. The molecule has 0 saturated carbocycles. The van der Waals surface area contributed by atoms with E-state index in [-0.39, 0.29) is 10.8 Å². The first-order valence-electron chi connectivity index (χ1n) is 9.72. The van der Waals surface area contributed by atoms with Crippen molar-refractivity contribution in [2.45, 2.75) is 18.7 Å². The van der Waals surface area contributed by atoms with Crippen molar-refractivity contribution in [2.24, 2.45) is 0 Å². The molecule has 0 bridgehead atoms. The van der Waals surface area contributed by atoms with Crippen molar-refractivity contribution in [1.82, 2.24) is 10.2 Å². The van der Waals surface area contributed by atoms with Gasteiger partial charge in [-0.1, -0.05) is 53.8 Å². The van der Waals surface area contributed by atoms with E-state index in [9.17, 15) is 13.2 Å². The number of hydrogen-bond acceptors (Lipinski definition) is 6. The Morgan fingerprint density at radius 1 is 0.906 bits per heavy atom. The van der Waals surface area contributed by atoms with Crippen LogP contribution in [0.1, 0.15) is 21.5 Å². The summed E-state index contributed by atoms with van der Waals surface area (Å²) in [4.78, 5) is 12.8. The van der Waals surface area contributed by atoms with E-state index in [1.54, 1.807) is 43.3 Å². The lowest BCUT2D eigenvalue weighted by molar-refractivity contribution is 0.102. The van der Waals surface area contributed by atoms with Gasteiger partial charge in [0.2, 0.25) is 5.13 Å². The van der Waals surface area contributed by atoms with Crippen molar-refractivity contribution in [3.05, 3.63) is 89.5 Å². The van der Waals surface area contributed by atoms with Gasteiger partial charge < -0.3 is 0 Å². The molecule has 0 aliphatic carbocycles. The molecule has 1 heterocycles. The van der Waals surface area contributed by atoms with Crippen LogP contribution in [-0.2, 0) is 10.0 Å². The highest BCUT2D eigenvalue weighted by Crippen LogP contribution is 2.26. The summed E-state index contributed by atoms with van der Waals surface area (Å²) in [5.74, 6) is -0.357. The Morgan fingerprint density at radius 2 is 1.62 bits per heavy atom. The van der Waals surface area contributed by atoms with Gasteiger partial charge in [-0.05, 0) is 55.3 Å². The summed E-state index contributed by atoms with van der Waals surface area (Å²) in [6.45, 7) is 3.59. The van der Waals surface area contributed by atoms with Gasteiger partial charge in [0.1, 0.15) is 5.01 Å². The van der Waals surface area contributed by atoms with Crippen LogP contribution < -0.4 is 10.0 Å². The van der Waals surface area contributed by atoms with E-state index in [2.05, 4.69) is 20.2 Å². The molecule has 0 aliphatic rings. The maximum absolute atomic E-state index is 12.7. The second-order valence-electron chi connectivity index (χ2n) is 7.18. The highest BCUT2D eigenvalue weighted by atomic mass is 32.2. The van der Waals surface area contributed by atoms with Crippen LogP contribution in [0.4, 0.5) is 10.8 Å². The Bertz CT molecular complexity index is 1370. The maximum Gasteiger partial charge on any atom is 0.262 e. The summed E-state index contributed by atoms with van der Waals surface area (Å²) in [5, 5.41) is 11.9. The van der Waals surface area contributed by atoms with Crippen LogP contribution in [-0.4, -0.2) is 24.5 Å². The van der Waals surface area contributed by atoms with Crippen LogP contribution in [0.2, 0.25) is 0 Å². The second kappa shape index (κ2) is 8.89. The molecule has 0 aliphatic heterocycles. The molecule has 0 spiro atoms. The number of hydrogen-bond donors (Lipinski definition) is 2. The fourth-order valence-corrected chi connectivity index (χ4v) is 5.17. The summed E-state index contributed by atoms with van der Waals surface area (Å²) in [6, 6.07) is 21.0. The third-order valence-corrected chi connectivity index (χ3v) is 7.11. The number of carbonyl (C=O) groups is 1. The van der Waals surface area contributed by atoms with Gasteiger partial charge in [0.25, 0.3) is 15.9 Å². The minimum Gasteiger partial charge on any atom is -0.296 e.